The van der Waals surface area contributed by atoms with E-state index in [0.29, 0.717) is 5.56 Å². The summed E-state index contributed by atoms with van der Waals surface area (Å²) in [5.41, 5.74) is 1.51. The number of likely N-dealkylation sites (N-methyl/N-ethyl adjacent to an activating group) is 1. The highest BCUT2D eigenvalue weighted by molar-refractivity contribution is 7.92. The predicted molar refractivity (Wildman–Crippen MR) is 119 cm³/mol. The molecule has 1 N–H and O–H groups in total. The molecule has 7 heteroatoms. The molecule has 0 radical (unpaired) electrons. The van der Waals surface area contributed by atoms with Gasteiger partial charge in [-0.05, 0) is 50.7 Å². The SMILES string of the molecule is CC(C)S(=O)(=O)c1ccc(C(=O)NC(CN2CCN(C)CC2)c2ccccc2)cc1. The summed E-state index contributed by atoms with van der Waals surface area (Å²) in [4.78, 5) is 17.8. The topological polar surface area (TPSA) is 69.7 Å². The highest BCUT2D eigenvalue weighted by Crippen LogP contribution is 2.19. The van der Waals surface area contributed by atoms with E-state index in [4.69, 9.17) is 0 Å². The minimum Gasteiger partial charge on any atom is -0.344 e. The van der Waals surface area contributed by atoms with E-state index in [1.54, 1.807) is 26.0 Å². The van der Waals surface area contributed by atoms with Crippen LogP contribution in [0, 0.1) is 0 Å². The first-order chi connectivity index (χ1) is 14.3. The van der Waals surface area contributed by atoms with Crippen molar-refractivity contribution in [2.75, 3.05) is 39.8 Å². The Hall–Kier alpha value is -2.22. The van der Waals surface area contributed by atoms with Crippen molar-refractivity contribution in [3.8, 4) is 0 Å². The van der Waals surface area contributed by atoms with Gasteiger partial charge < -0.3 is 10.2 Å². The zero-order chi connectivity index (χ0) is 21.7. The van der Waals surface area contributed by atoms with E-state index in [1.165, 1.54) is 12.1 Å². The molecule has 162 valence electrons. The van der Waals surface area contributed by atoms with Crippen LogP contribution in [0.2, 0.25) is 0 Å². The van der Waals surface area contributed by atoms with Gasteiger partial charge in [0.05, 0.1) is 16.2 Å². The Morgan fingerprint density at radius 1 is 0.967 bits per heavy atom. The molecule has 1 amide bonds. The van der Waals surface area contributed by atoms with E-state index in [2.05, 4.69) is 22.2 Å². The Morgan fingerprint density at radius 3 is 2.13 bits per heavy atom. The van der Waals surface area contributed by atoms with Crippen molar-refractivity contribution in [2.45, 2.75) is 30.0 Å². The van der Waals surface area contributed by atoms with E-state index < -0.39 is 15.1 Å². The molecular weight excluding hydrogens is 398 g/mol. The Balaban J connectivity index is 1.74. The summed E-state index contributed by atoms with van der Waals surface area (Å²) in [6, 6.07) is 16.0. The Labute approximate surface area is 179 Å². The van der Waals surface area contributed by atoms with Gasteiger partial charge in [0.1, 0.15) is 0 Å². The number of carbonyl (C=O) groups is 1. The van der Waals surface area contributed by atoms with Crippen molar-refractivity contribution < 1.29 is 13.2 Å². The van der Waals surface area contributed by atoms with Crippen LogP contribution in [0.3, 0.4) is 0 Å². The molecule has 0 aliphatic carbocycles. The van der Waals surface area contributed by atoms with Gasteiger partial charge in [0.15, 0.2) is 9.84 Å². The molecular formula is C23H31N3O3S. The number of amides is 1. The first-order valence-corrected chi connectivity index (χ1v) is 11.9. The summed E-state index contributed by atoms with van der Waals surface area (Å²) in [5.74, 6) is -0.202. The van der Waals surface area contributed by atoms with Crippen LogP contribution in [0.1, 0.15) is 35.8 Å². The standard InChI is InChI=1S/C23H31N3O3S/c1-18(2)30(28,29)21-11-9-20(10-12-21)23(27)24-22(19-7-5-4-6-8-19)17-26-15-13-25(3)14-16-26/h4-12,18,22H,13-17H2,1-3H3,(H,24,27). The fourth-order valence-corrected chi connectivity index (χ4v) is 4.58. The van der Waals surface area contributed by atoms with E-state index in [9.17, 15) is 13.2 Å². The number of rotatable bonds is 7. The lowest BCUT2D eigenvalue weighted by Gasteiger charge is -2.35. The maximum absolute atomic E-state index is 12.9. The molecule has 0 saturated carbocycles. The summed E-state index contributed by atoms with van der Waals surface area (Å²) < 4.78 is 24.6. The number of benzene rings is 2. The van der Waals surface area contributed by atoms with Gasteiger partial charge in [-0.2, -0.15) is 0 Å². The average molecular weight is 430 g/mol. The van der Waals surface area contributed by atoms with Crippen molar-refractivity contribution in [1.82, 2.24) is 15.1 Å². The molecule has 1 atom stereocenters. The Bertz CT molecular complexity index is 935. The number of nitrogens with zero attached hydrogens (tertiary/aromatic N) is 2. The highest BCUT2D eigenvalue weighted by Gasteiger charge is 2.23. The predicted octanol–water partition coefficient (Wildman–Crippen LogP) is 2.59. The minimum atomic E-state index is -3.35. The maximum atomic E-state index is 12.9. The molecule has 1 unspecified atom stereocenters. The van der Waals surface area contributed by atoms with Gasteiger partial charge in [0, 0.05) is 38.3 Å². The average Bonchev–Trinajstić information content (AvgIpc) is 2.75. The van der Waals surface area contributed by atoms with E-state index >= 15 is 0 Å². The van der Waals surface area contributed by atoms with Gasteiger partial charge in [-0.25, -0.2) is 8.42 Å². The molecule has 1 saturated heterocycles. The van der Waals surface area contributed by atoms with Crippen LogP contribution in [0.15, 0.2) is 59.5 Å². The zero-order valence-corrected chi connectivity index (χ0v) is 18.7. The minimum absolute atomic E-state index is 0.138. The largest absolute Gasteiger partial charge is 0.344 e. The normalized spacial score (nSPS) is 17.1. The van der Waals surface area contributed by atoms with Crippen LogP contribution in [-0.4, -0.2) is 69.1 Å². The molecule has 6 nitrogen and oxygen atoms in total. The Morgan fingerprint density at radius 2 is 1.57 bits per heavy atom. The van der Waals surface area contributed by atoms with Crippen LogP contribution in [0.4, 0.5) is 0 Å². The fraction of sp³-hybridized carbons (Fsp3) is 0.435. The smallest absolute Gasteiger partial charge is 0.251 e. The second-order valence-corrected chi connectivity index (χ2v) is 10.7. The zero-order valence-electron chi connectivity index (χ0n) is 17.9. The molecule has 2 aromatic rings. The Kier molecular flexibility index (Phi) is 7.28. The van der Waals surface area contributed by atoms with Gasteiger partial charge in [-0.3, -0.25) is 9.69 Å². The quantitative estimate of drug-likeness (QED) is 0.733. The summed E-state index contributed by atoms with van der Waals surface area (Å²) in [6.07, 6.45) is 0. The van der Waals surface area contributed by atoms with Crippen LogP contribution >= 0.6 is 0 Å². The van der Waals surface area contributed by atoms with Crippen molar-refractivity contribution in [1.29, 1.82) is 0 Å². The molecule has 3 rings (SSSR count). The fourth-order valence-electron chi connectivity index (χ4n) is 3.52. The first-order valence-electron chi connectivity index (χ1n) is 10.4. The lowest BCUT2D eigenvalue weighted by Crippen LogP contribution is -2.47. The number of piperazine rings is 1. The molecule has 1 aliphatic rings. The number of carbonyl (C=O) groups excluding carboxylic acids is 1. The van der Waals surface area contributed by atoms with Crippen molar-refractivity contribution in [3.05, 3.63) is 65.7 Å². The molecule has 1 heterocycles. The number of hydrogen-bond donors (Lipinski definition) is 1. The maximum Gasteiger partial charge on any atom is 0.251 e. The number of hydrogen-bond acceptors (Lipinski definition) is 5. The van der Waals surface area contributed by atoms with Crippen LogP contribution in [0.25, 0.3) is 0 Å². The molecule has 30 heavy (non-hydrogen) atoms. The highest BCUT2D eigenvalue weighted by atomic mass is 32.2. The molecule has 0 bridgehead atoms. The van der Waals surface area contributed by atoms with Gasteiger partial charge >= 0.3 is 0 Å². The van der Waals surface area contributed by atoms with E-state index in [1.807, 2.05) is 30.3 Å². The second kappa shape index (κ2) is 9.73. The van der Waals surface area contributed by atoms with Gasteiger partial charge in [-0.1, -0.05) is 30.3 Å². The first kappa shape index (κ1) is 22.5. The van der Waals surface area contributed by atoms with Gasteiger partial charge in [-0.15, -0.1) is 0 Å². The third-order valence-corrected chi connectivity index (χ3v) is 7.78. The molecule has 1 fully saturated rings. The lowest BCUT2D eigenvalue weighted by molar-refractivity contribution is 0.0907. The van der Waals surface area contributed by atoms with Crippen LogP contribution in [0.5, 0.6) is 0 Å². The van der Waals surface area contributed by atoms with Crippen LogP contribution < -0.4 is 5.32 Å². The van der Waals surface area contributed by atoms with Gasteiger partial charge in [0.2, 0.25) is 0 Å². The van der Waals surface area contributed by atoms with Crippen molar-refractivity contribution in [3.63, 3.8) is 0 Å². The number of sulfone groups is 1. The summed E-state index contributed by atoms with van der Waals surface area (Å²) in [7, 11) is -1.23. The summed E-state index contributed by atoms with van der Waals surface area (Å²) >= 11 is 0. The van der Waals surface area contributed by atoms with Crippen molar-refractivity contribution in [2.24, 2.45) is 0 Å². The van der Waals surface area contributed by atoms with E-state index in [-0.39, 0.29) is 16.8 Å². The summed E-state index contributed by atoms with van der Waals surface area (Å²) in [6.45, 7) is 8.01. The molecule has 0 spiro atoms. The third kappa shape index (κ3) is 5.47. The third-order valence-electron chi connectivity index (χ3n) is 5.61. The lowest BCUT2D eigenvalue weighted by atomic mass is 10.0. The van der Waals surface area contributed by atoms with Gasteiger partial charge in [0.25, 0.3) is 5.91 Å². The monoisotopic (exact) mass is 429 g/mol. The molecule has 1 aliphatic heterocycles. The van der Waals surface area contributed by atoms with Crippen molar-refractivity contribution >= 4 is 15.7 Å². The summed E-state index contributed by atoms with van der Waals surface area (Å²) in [5, 5.41) is 2.65. The molecule has 0 aromatic heterocycles. The van der Waals surface area contributed by atoms with E-state index in [0.717, 1.165) is 38.3 Å². The van der Waals surface area contributed by atoms with Crippen LogP contribution in [-0.2, 0) is 9.84 Å². The number of nitrogens with one attached hydrogen (secondary N) is 1. The second-order valence-electron chi connectivity index (χ2n) is 8.16. The molecule has 2 aromatic carbocycles.